The van der Waals surface area contributed by atoms with Crippen LogP contribution in [0.2, 0.25) is 0 Å². The summed E-state index contributed by atoms with van der Waals surface area (Å²) in [6.45, 7) is 5.56. The van der Waals surface area contributed by atoms with Gasteiger partial charge in [0.1, 0.15) is 11.6 Å². The highest BCUT2D eigenvalue weighted by molar-refractivity contribution is 7.89. The summed E-state index contributed by atoms with van der Waals surface area (Å²) >= 11 is 0. The van der Waals surface area contributed by atoms with Crippen molar-refractivity contribution in [2.24, 2.45) is 5.14 Å². The Bertz CT molecular complexity index is 824. The molecule has 0 radical (unpaired) electrons. The van der Waals surface area contributed by atoms with E-state index in [0.29, 0.717) is 19.5 Å². The Morgan fingerprint density at radius 2 is 1.93 bits per heavy atom. The van der Waals surface area contributed by atoms with Crippen molar-refractivity contribution >= 4 is 15.9 Å². The van der Waals surface area contributed by atoms with Gasteiger partial charge in [0.25, 0.3) is 5.91 Å². The van der Waals surface area contributed by atoms with Gasteiger partial charge in [0.2, 0.25) is 10.0 Å². The summed E-state index contributed by atoms with van der Waals surface area (Å²) in [5.74, 6) is -0.400. The number of nitrogens with zero attached hydrogens (tertiary/aromatic N) is 2. The number of hydrogen-bond donors (Lipinski definition) is 4. The summed E-state index contributed by atoms with van der Waals surface area (Å²) < 4.78 is 22.5. The van der Waals surface area contributed by atoms with Crippen LogP contribution in [0.1, 0.15) is 5.56 Å². The molecule has 1 saturated heterocycles. The first-order valence-corrected chi connectivity index (χ1v) is 10.6. The maximum Gasteiger partial charge on any atom is 0.263 e. The summed E-state index contributed by atoms with van der Waals surface area (Å²) in [5, 5.41) is 23.2. The van der Waals surface area contributed by atoms with Crippen LogP contribution in [0.4, 0.5) is 0 Å². The van der Waals surface area contributed by atoms with Gasteiger partial charge in [-0.25, -0.2) is 13.6 Å². The Hall–Kier alpha value is -2.45. The van der Waals surface area contributed by atoms with Crippen molar-refractivity contribution < 1.29 is 13.2 Å². The van der Waals surface area contributed by atoms with Crippen LogP contribution in [0.5, 0.6) is 0 Å². The van der Waals surface area contributed by atoms with Crippen molar-refractivity contribution in [1.82, 2.24) is 20.9 Å². The van der Waals surface area contributed by atoms with Gasteiger partial charge in [-0.2, -0.15) is 5.26 Å². The number of amides is 1. The van der Waals surface area contributed by atoms with E-state index < -0.39 is 15.9 Å². The molecule has 0 spiro atoms. The molecule has 1 amide bonds. The topological polar surface area (TPSA) is 140 Å². The van der Waals surface area contributed by atoms with Crippen LogP contribution in [0.25, 0.3) is 0 Å². The van der Waals surface area contributed by atoms with E-state index in [1.54, 1.807) is 12.1 Å². The normalized spacial score (nSPS) is 15.6. The Kier molecular flexibility index (Phi) is 8.41. The number of hydrogen-bond acceptors (Lipinski definition) is 7. The van der Waals surface area contributed by atoms with Crippen LogP contribution < -0.4 is 21.1 Å². The van der Waals surface area contributed by atoms with E-state index in [1.165, 1.54) is 18.3 Å². The molecule has 1 heterocycles. The second kappa shape index (κ2) is 10.8. The fraction of sp³-hybridized carbons (Fsp3) is 0.444. The minimum Gasteiger partial charge on any atom is -0.389 e. The number of carbonyl (C=O) groups is 1. The highest BCUT2D eigenvalue weighted by atomic mass is 32.2. The third-order valence-electron chi connectivity index (χ3n) is 4.34. The molecule has 152 valence electrons. The number of nitriles is 1. The number of primary sulfonamides is 1. The molecule has 0 aromatic heterocycles. The number of nitrogens with one attached hydrogen (secondary N) is 3. The summed E-state index contributed by atoms with van der Waals surface area (Å²) in [7, 11) is -3.70. The van der Waals surface area contributed by atoms with Gasteiger partial charge in [0, 0.05) is 52.0 Å². The van der Waals surface area contributed by atoms with Crippen molar-refractivity contribution in [3.63, 3.8) is 0 Å². The third kappa shape index (κ3) is 7.28. The average molecular weight is 407 g/mol. The standard InChI is InChI=1S/C18H26N6O3S/c19-13-16(18(25)23-9-12-24-10-7-21-8-11-24)14-22-6-5-15-1-3-17(4-2-15)28(20,26)27/h1-4,14,21-22H,5-12H2,(H,23,25)(H2,20,26,27)/b16-14-. The van der Waals surface area contributed by atoms with E-state index >= 15 is 0 Å². The van der Waals surface area contributed by atoms with E-state index in [4.69, 9.17) is 10.4 Å². The van der Waals surface area contributed by atoms with E-state index in [0.717, 1.165) is 38.3 Å². The van der Waals surface area contributed by atoms with E-state index in [2.05, 4.69) is 20.9 Å². The molecular weight excluding hydrogens is 380 g/mol. The van der Waals surface area contributed by atoms with Gasteiger partial charge in [-0.3, -0.25) is 9.69 Å². The number of rotatable bonds is 9. The fourth-order valence-electron chi connectivity index (χ4n) is 2.74. The van der Waals surface area contributed by atoms with Gasteiger partial charge in [0.05, 0.1) is 4.90 Å². The summed E-state index contributed by atoms with van der Waals surface area (Å²) in [4.78, 5) is 14.4. The molecule has 1 aliphatic heterocycles. The number of sulfonamides is 1. The molecule has 0 aliphatic carbocycles. The lowest BCUT2D eigenvalue weighted by atomic mass is 10.1. The molecule has 1 aromatic carbocycles. The molecular formula is C18H26N6O3S. The predicted octanol–water partition coefficient (Wildman–Crippen LogP) is -1.11. The Labute approximate surface area is 165 Å². The van der Waals surface area contributed by atoms with Crippen LogP contribution in [0.15, 0.2) is 40.9 Å². The first-order valence-electron chi connectivity index (χ1n) is 9.07. The second-order valence-corrected chi connectivity index (χ2v) is 7.97. The van der Waals surface area contributed by atoms with E-state index in [-0.39, 0.29) is 10.5 Å². The van der Waals surface area contributed by atoms with Crippen LogP contribution in [0, 0.1) is 11.3 Å². The number of benzene rings is 1. The predicted molar refractivity (Wildman–Crippen MR) is 106 cm³/mol. The highest BCUT2D eigenvalue weighted by Crippen LogP contribution is 2.08. The van der Waals surface area contributed by atoms with Crippen molar-refractivity contribution in [2.45, 2.75) is 11.3 Å². The van der Waals surface area contributed by atoms with Gasteiger partial charge in [-0.1, -0.05) is 12.1 Å². The number of nitrogens with two attached hydrogens (primary N) is 1. The average Bonchev–Trinajstić information content (AvgIpc) is 2.68. The summed E-state index contributed by atoms with van der Waals surface area (Å²) in [6, 6.07) is 8.16. The van der Waals surface area contributed by atoms with Gasteiger partial charge in [-0.15, -0.1) is 0 Å². The van der Waals surface area contributed by atoms with Crippen LogP contribution in [0.3, 0.4) is 0 Å². The molecule has 5 N–H and O–H groups in total. The molecule has 10 heteroatoms. The van der Waals surface area contributed by atoms with Gasteiger partial charge in [0.15, 0.2) is 0 Å². The lowest BCUT2D eigenvalue weighted by Gasteiger charge is -2.27. The SMILES string of the molecule is N#C/C(=C/NCCc1ccc(S(N)(=O)=O)cc1)C(=O)NCCN1CCNCC1. The number of piperazine rings is 1. The zero-order valence-corrected chi connectivity index (χ0v) is 16.5. The minimum atomic E-state index is -3.70. The van der Waals surface area contributed by atoms with Crippen molar-refractivity contribution in [3.05, 3.63) is 41.6 Å². The monoisotopic (exact) mass is 406 g/mol. The fourth-order valence-corrected chi connectivity index (χ4v) is 3.26. The lowest BCUT2D eigenvalue weighted by Crippen LogP contribution is -2.46. The molecule has 1 aromatic rings. The van der Waals surface area contributed by atoms with E-state index in [9.17, 15) is 13.2 Å². The van der Waals surface area contributed by atoms with Gasteiger partial charge in [-0.05, 0) is 24.1 Å². The zero-order chi connectivity index (χ0) is 20.4. The molecule has 0 saturated carbocycles. The van der Waals surface area contributed by atoms with Crippen molar-refractivity contribution in [1.29, 1.82) is 5.26 Å². The Balaban J connectivity index is 1.73. The van der Waals surface area contributed by atoms with Crippen LogP contribution >= 0.6 is 0 Å². The molecule has 0 atom stereocenters. The first-order chi connectivity index (χ1) is 13.4. The van der Waals surface area contributed by atoms with E-state index in [1.807, 2.05) is 6.07 Å². The number of carbonyl (C=O) groups excluding carboxylic acids is 1. The summed E-state index contributed by atoms with van der Waals surface area (Å²) in [6.07, 6.45) is 2.00. The van der Waals surface area contributed by atoms with Crippen molar-refractivity contribution in [2.75, 3.05) is 45.8 Å². The molecule has 9 nitrogen and oxygen atoms in total. The Morgan fingerprint density at radius 1 is 1.25 bits per heavy atom. The maximum absolute atomic E-state index is 12.1. The smallest absolute Gasteiger partial charge is 0.263 e. The van der Waals surface area contributed by atoms with Gasteiger partial charge < -0.3 is 16.0 Å². The largest absolute Gasteiger partial charge is 0.389 e. The third-order valence-corrected chi connectivity index (χ3v) is 5.27. The molecule has 1 fully saturated rings. The maximum atomic E-state index is 12.1. The molecule has 2 rings (SSSR count). The van der Waals surface area contributed by atoms with Crippen LogP contribution in [-0.4, -0.2) is 65.0 Å². The van der Waals surface area contributed by atoms with Crippen LogP contribution in [-0.2, 0) is 21.2 Å². The molecule has 28 heavy (non-hydrogen) atoms. The van der Waals surface area contributed by atoms with Gasteiger partial charge >= 0.3 is 0 Å². The quantitative estimate of drug-likeness (QED) is 0.232. The van der Waals surface area contributed by atoms with Crippen molar-refractivity contribution in [3.8, 4) is 6.07 Å². The molecule has 0 unspecified atom stereocenters. The molecule has 0 bridgehead atoms. The highest BCUT2D eigenvalue weighted by Gasteiger charge is 2.11. The second-order valence-electron chi connectivity index (χ2n) is 6.41. The first kappa shape index (κ1) is 21.8. The minimum absolute atomic E-state index is 0.0184. The Morgan fingerprint density at radius 3 is 2.54 bits per heavy atom. The lowest BCUT2D eigenvalue weighted by molar-refractivity contribution is -0.117. The zero-order valence-electron chi connectivity index (χ0n) is 15.6. The molecule has 1 aliphatic rings. The summed E-state index contributed by atoms with van der Waals surface area (Å²) in [5.41, 5.74) is 0.928.